The normalized spacial score (nSPS) is 25.4. The van der Waals surface area contributed by atoms with Gasteiger partial charge in [0.1, 0.15) is 12.0 Å². The Hall–Kier alpha value is -1.02. The molecule has 0 radical (unpaired) electrons. The summed E-state index contributed by atoms with van der Waals surface area (Å²) in [6.45, 7) is 3.92. The van der Waals surface area contributed by atoms with Crippen molar-refractivity contribution in [2.24, 2.45) is 0 Å². The van der Waals surface area contributed by atoms with Crippen molar-refractivity contribution in [2.75, 3.05) is 26.7 Å². The zero-order chi connectivity index (χ0) is 16.0. The third-order valence-corrected chi connectivity index (χ3v) is 6.50. The Kier molecular flexibility index (Phi) is 5.15. The topological polar surface area (TPSA) is 49.9 Å². The van der Waals surface area contributed by atoms with Crippen LogP contribution in [0.3, 0.4) is 0 Å². The van der Waals surface area contributed by atoms with E-state index in [1.807, 2.05) is 0 Å². The molecule has 2 heterocycles. The molecule has 0 aromatic heterocycles. The summed E-state index contributed by atoms with van der Waals surface area (Å²) in [6, 6.07) is 4.94. The Labute approximate surface area is 138 Å². The van der Waals surface area contributed by atoms with Crippen LogP contribution in [0.25, 0.3) is 0 Å². The van der Waals surface area contributed by atoms with Crippen molar-refractivity contribution in [3.63, 3.8) is 0 Å². The Bertz CT molecular complexity index is 640. The molecule has 0 saturated carbocycles. The number of ether oxygens (including phenoxy) is 1. The first-order valence-electron chi connectivity index (χ1n) is 7.46. The number of nitrogens with zero attached hydrogens (tertiary/aromatic N) is 2. The first-order valence-corrected chi connectivity index (χ1v) is 8.90. The molecule has 0 aliphatic carbocycles. The molecule has 3 rings (SSSR count). The molecule has 7 heteroatoms. The molecule has 2 aliphatic heterocycles. The van der Waals surface area contributed by atoms with Gasteiger partial charge in [-0.25, -0.2) is 12.8 Å². The van der Waals surface area contributed by atoms with Crippen LogP contribution < -0.4 is 0 Å². The smallest absolute Gasteiger partial charge is 0.245 e. The summed E-state index contributed by atoms with van der Waals surface area (Å²) < 4.78 is 46.0. The lowest BCUT2D eigenvalue weighted by Crippen LogP contribution is -2.46. The minimum Gasteiger partial charge on any atom is -0.354 e. The molecule has 0 bridgehead atoms. The van der Waals surface area contributed by atoms with Gasteiger partial charge in [-0.15, -0.1) is 0 Å². The number of benzene rings is 1. The van der Waals surface area contributed by atoms with Gasteiger partial charge >= 0.3 is 0 Å². The zero-order valence-electron chi connectivity index (χ0n) is 12.8. The lowest BCUT2D eigenvalue weighted by molar-refractivity contribution is -0.0690. The minimum absolute atomic E-state index is 0. The largest absolute Gasteiger partial charge is 0.354 e. The predicted octanol–water partition coefficient (Wildman–Crippen LogP) is 2.29. The number of piperidine rings is 1. The highest BCUT2D eigenvalue weighted by Gasteiger charge is 2.49. The number of halogens is 1. The second-order valence-electron chi connectivity index (χ2n) is 6.21. The molecular formula is C16H25FN2O3S. The van der Waals surface area contributed by atoms with Gasteiger partial charge in [0.2, 0.25) is 10.0 Å². The summed E-state index contributed by atoms with van der Waals surface area (Å²) in [6.07, 6.45) is 1.14. The van der Waals surface area contributed by atoms with Crippen LogP contribution in [0.15, 0.2) is 29.2 Å². The molecule has 2 saturated heterocycles. The van der Waals surface area contributed by atoms with Crippen molar-refractivity contribution in [3.05, 3.63) is 30.1 Å². The Morgan fingerprint density at radius 1 is 1.22 bits per heavy atom. The molecular weight excluding hydrogens is 319 g/mol. The number of hydrogen-bond donors (Lipinski definition) is 0. The average Bonchev–Trinajstić information content (AvgIpc) is 2.81. The molecule has 23 heavy (non-hydrogen) atoms. The van der Waals surface area contributed by atoms with Gasteiger partial charge in [-0.05, 0) is 51.1 Å². The Balaban J connectivity index is 0.00000192. The van der Waals surface area contributed by atoms with E-state index in [2.05, 4.69) is 11.9 Å². The summed E-state index contributed by atoms with van der Waals surface area (Å²) in [5, 5.41) is 0. The van der Waals surface area contributed by atoms with Crippen molar-refractivity contribution in [3.8, 4) is 0 Å². The maximum absolute atomic E-state index is 13.0. The van der Waals surface area contributed by atoms with Crippen LogP contribution in [0.2, 0.25) is 0 Å². The van der Waals surface area contributed by atoms with Crippen molar-refractivity contribution < 1.29 is 17.5 Å². The number of hydrogen-bond acceptors (Lipinski definition) is 4. The van der Waals surface area contributed by atoms with Gasteiger partial charge in [-0.1, -0.05) is 7.43 Å². The van der Waals surface area contributed by atoms with Gasteiger partial charge in [-0.2, -0.15) is 4.31 Å². The molecule has 0 amide bonds. The van der Waals surface area contributed by atoms with E-state index in [1.165, 1.54) is 28.6 Å². The number of likely N-dealkylation sites (tertiary alicyclic amines) is 1. The Morgan fingerprint density at radius 3 is 2.35 bits per heavy atom. The highest BCUT2D eigenvalue weighted by molar-refractivity contribution is 7.89. The quantitative estimate of drug-likeness (QED) is 0.826. The fourth-order valence-electron chi connectivity index (χ4n) is 3.19. The third-order valence-electron chi connectivity index (χ3n) is 4.59. The molecule has 1 atom stereocenters. The fourth-order valence-corrected chi connectivity index (χ4v) is 4.78. The van der Waals surface area contributed by atoms with Crippen LogP contribution in [-0.4, -0.2) is 56.1 Å². The lowest BCUT2D eigenvalue weighted by atomic mass is 9.92. The maximum atomic E-state index is 13.0. The molecule has 1 spiro atoms. The van der Waals surface area contributed by atoms with E-state index in [-0.39, 0.29) is 17.9 Å². The van der Waals surface area contributed by atoms with Crippen molar-refractivity contribution >= 4 is 10.0 Å². The second kappa shape index (κ2) is 6.47. The highest BCUT2D eigenvalue weighted by atomic mass is 32.2. The molecule has 2 aliphatic rings. The molecule has 0 N–H and O–H groups in total. The molecule has 1 unspecified atom stereocenters. The fraction of sp³-hybridized carbons (Fsp3) is 0.625. The maximum Gasteiger partial charge on any atom is 0.245 e. The van der Waals surface area contributed by atoms with Crippen LogP contribution in [-0.2, 0) is 14.8 Å². The molecule has 130 valence electrons. The monoisotopic (exact) mass is 344 g/mol. The van der Waals surface area contributed by atoms with Crippen LogP contribution in [0, 0.1) is 5.82 Å². The van der Waals surface area contributed by atoms with E-state index in [9.17, 15) is 12.8 Å². The van der Waals surface area contributed by atoms with Crippen LogP contribution in [0.4, 0.5) is 4.39 Å². The standard InChI is InChI=1S/C15H21FN2O3S.CH4/c1-12-18(11-15(21-12)7-9-17(2)10-8-15)22(19,20)14-5-3-13(16)4-6-14;/h3-6,12H,7-11H2,1-2H3;1H4. The van der Waals surface area contributed by atoms with Crippen molar-refractivity contribution in [1.29, 1.82) is 0 Å². The first-order chi connectivity index (χ1) is 10.3. The van der Waals surface area contributed by atoms with E-state index >= 15 is 0 Å². The summed E-state index contributed by atoms with van der Waals surface area (Å²) in [7, 11) is -1.61. The first kappa shape index (κ1) is 18.3. The summed E-state index contributed by atoms with van der Waals surface area (Å²) in [5.41, 5.74) is -0.390. The van der Waals surface area contributed by atoms with Gasteiger partial charge in [0.05, 0.1) is 10.5 Å². The zero-order valence-corrected chi connectivity index (χ0v) is 13.6. The van der Waals surface area contributed by atoms with E-state index in [0.717, 1.165) is 25.9 Å². The predicted molar refractivity (Wildman–Crippen MR) is 87.0 cm³/mol. The third kappa shape index (κ3) is 3.42. The summed E-state index contributed by atoms with van der Waals surface area (Å²) in [4.78, 5) is 2.32. The van der Waals surface area contributed by atoms with Gasteiger partial charge in [-0.3, -0.25) is 0 Å². The van der Waals surface area contributed by atoms with Gasteiger partial charge < -0.3 is 9.64 Å². The lowest BCUT2D eigenvalue weighted by Gasteiger charge is -2.36. The van der Waals surface area contributed by atoms with Crippen LogP contribution in [0.1, 0.15) is 27.2 Å². The van der Waals surface area contributed by atoms with Gasteiger partial charge in [0.25, 0.3) is 0 Å². The van der Waals surface area contributed by atoms with E-state index in [0.29, 0.717) is 6.54 Å². The summed E-state index contributed by atoms with van der Waals surface area (Å²) in [5.74, 6) is -0.448. The average molecular weight is 344 g/mol. The molecule has 2 fully saturated rings. The van der Waals surface area contributed by atoms with Crippen molar-refractivity contribution in [2.45, 2.75) is 43.9 Å². The van der Waals surface area contributed by atoms with E-state index < -0.39 is 22.1 Å². The SMILES string of the molecule is C.CC1OC2(CCN(C)CC2)CN1S(=O)(=O)c1ccc(F)cc1. The Morgan fingerprint density at radius 2 is 1.78 bits per heavy atom. The highest BCUT2D eigenvalue weighted by Crippen LogP contribution is 2.37. The van der Waals surface area contributed by atoms with Crippen molar-refractivity contribution in [1.82, 2.24) is 9.21 Å². The van der Waals surface area contributed by atoms with Crippen LogP contribution in [0.5, 0.6) is 0 Å². The van der Waals surface area contributed by atoms with Crippen LogP contribution >= 0.6 is 0 Å². The van der Waals surface area contributed by atoms with Gasteiger partial charge in [0.15, 0.2) is 0 Å². The second-order valence-corrected chi connectivity index (χ2v) is 8.10. The summed E-state index contributed by atoms with van der Waals surface area (Å²) >= 11 is 0. The molecule has 1 aromatic rings. The number of sulfonamides is 1. The van der Waals surface area contributed by atoms with E-state index in [1.54, 1.807) is 6.92 Å². The molecule has 1 aromatic carbocycles. The molecule has 5 nitrogen and oxygen atoms in total. The van der Waals surface area contributed by atoms with Gasteiger partial charge in [0, 0.05) is 19.6 Å². The minimum atomic E-state index is -3.67. The van der Waals surface area contributed by atoms with E-state index in [4.69, 9.17) is 4.74 Å². The number of rotatable bonds is 2.